The van der Waals surface area contributed by atoms with Crippen molar-refractivity contribution in [1.29, 1.82) is 0 Å². The van der Waals surface area contributed by atoms with Gasteiger partial charge >= 0.3 is 5.97 Å². The number of aromatic nitrogens is 1. The van der Waals surface area contributed by atoms with Crippen molar-refractivity contribution in [1.82, 2.24) is 4.98 Å². The lowest BCUT2D eigenvalue weighted by molar-refractivity contribution is 0.0697. The molecule has 0 bridgehead atoms. The van der Waals surface area contributed by atoms with Crippen LogP contribution in [0, 0.1) is 0 Å². The molecule has 106 valence electrons. The van der Waals surface area contributed by atoms with Gasteiger partial charge in [0.1, 0.15) is 5.52 Å². The molecule has 3 rings (SSSR count). The summed E-state index contributed by atoms with van der Waals surface area (Å²) in [6, 6.07) is 12.5. The summed E-state index contributed by atoms with van der Waals surface area (Å²) in [5.74, 6) is -0.597. The fourth-order valence-corrected chi connectivity index (χ4v) is 2.88. The summed E-state index contributed by atoms with van der Waals surface area (Å²) in [5.41, 5.74) is 8.27. The molecule has 0 aliphatic carbocycles. The summed E-state index contributed by atoms with van der Waals surface area (Å²) in [6.45, 7) is 0. The van der Waals surface area contributed by atoms with Crippen LogP contribution in [0.1, 0.15) is 15.9 Å². The van der Waals surface area contributed by atoms with E-state index in [9.17, 15) is 9.90 Å². The first-order valence-corrected chi connectivity index (χ1v) is 7.23. The normalized spacial score (nSPS) is 10.9. The number of benzene rings is 2. The highest BCUT2D eigenvalue weighted by molar-refractivity contribution is 7.98. The van der Waals surface area contributed by atoms with Crippen LogP contribution in [0.3, 0.4) is 0 Å². The molecular formula is C15H12N2O3S. The van der Waals surface area contributed by atoms with Gasteiger partial charge < -0.3 is 15.3 Å². The molecule has 1 aromatic heterocycles. The Kier molecular flexibility index (Phi) is 3.53. The number of nitrogen functional groups attached to an aromatic ring is 1. The number of carboxylic acids is 1. The summed E-state index contributed by atoms with van der Waals surface area (Å²) >= 11 is 1.34. The minimum absolute atomic E-state index is 0.140. The SMILES string of the molecule is Nc1cccc(CSc2nc3ccccc3o2)c1C(=O)O. The van der Waals surface area contributed by atoms with Crippen LogP contribution < -0.4 is 5.73 Å². The smallest absolute Gasteiger partial charge is 0.338 e. The van der Waals surface area contributed by atoms with Crippen LogP contribution in [0.25, 0.3) is 11.1 Å². The number of hydrogen-bond donors (Lipinski definition) is 2. The van der Waals surface area contributed by atoms with Gasteiger partial charge in [-0.3, -0.25) is 0 Å². The standard InChI is InChI=1S/C15H12N2O3S/c16-10-5-3-4-9(13(10)14(18)19)8-21-15-17-11-6-1-2-7-12(11)20-15/h1-7H,8,16H2,(H,18,19). The van der Waals surface area contributed by atoms with Crippen molar-refractivity contribution in [2.24, 2.45) is 0 Å². The van der Waals surface area contributed by atoms with Gasteiger partial charge in [-0.25, -0.2) is 9.78 Å². The van der Waals surface area contributed by atoms with Crippen molar-refractivity contribution in [3.63, 3.8) is 0 Å². The van der Waals surface area contributed by atoms with Gasteiger partial charge in [-0.15, -0.1) is 0 Å². The number of carbonyl (C=O) groups is 1. The van der Waals surface area contributed by atoms with Gasteiger partial charge in [0.25, 0.3) is 5.22 Å². The van der Waals surface area contributed by atoms with Crippen molar-refractivity contribution in [3.05, 3.63) is 53.6 Å². The lowest BCUT2D eigenvalue weighted by Crippen LogP contribution is -2.06. The average molecular weight is 300 g/mol. The zero-order valence-electron chi connectivity index (χ0n) is 10.9. The Labute approximate surface area is 124 Å². The highest BCUT2D eigenvalue weighted by Crippen LogP contribution is 2.28. The molecule has 0 aliphatic heterocycles. The Hall–Kier alpha value is -2.47. The summed E-state index contributed by atoms with van der Waals surface area (Å²) in [7, 11) is 0. The molecule has 0 saturated carbocycles. The molecule has 0 unspecified atom stereocenters. The second-order valence-corrected chi connectivity index (χ2v) is 5.35. The monoisotopic (exact) mass is 300 g/mol. The predicted molar refractivity (Wildman–Crippen MR) is 81.4 cm³/mol. The number of oxazole rings is 1. The van der Waals surface area contributed by atoms with Crippen LogP contribution in [-0.4, -0.2) is 16.1 Å². The fourth-order valence-electron chi connectivity index (χ4n) is 2.05. The third-order valence-corrected chi connectivity index (χ3v) is 3.90. The summed E-state index contributed by atoms with van der Waals surface area (Å²) < 4.78 is 5.59. The highest BCUT2D eigenvalue weighted by Gasteiger charge is 2.15. The Morgan fingerprint density at radius 1 is 1.24 bits per heavy atom. The first kappa shape index (κ1) is 13.5. The molecule has 0 fully saturated rings. The Balaban J connectivity index is 1.85. The third-order valence-electron chi connectivity index (χ3n) is 3.02. The molecule has 1 heterocycles. The molecule has 0 aliphatic rings. The lowest BCUT2D eigenvalue weighted by Gasteiger charge is -2.06. The van der Waals surface area contributed by atoms with E-state index in [1.54, 1.807) is 18.2 Å². The molecule has 2 aromatic carbocycles. The van der Waals surface area contributed by atoms with Crippen molar-refractivity contribution < 1.29 is 14.3 Å². The molecule has 5 nitrogen and oxygen atoms in total. The van der Waals surface area contributed by atoms with E-state index in [1.807, 2.05) is 24.3 Å². The van der Waals surface area contributed by atoms with Crippen molar-refractivity contribution in [3.8, 4) is 0 Å². The van der Waals surface area contributed by atoms with Gasteiger partial charge in [0, 0.05) is 11.4 Å². The molecule has 0 atom stereocenters. The number of hydrogen-bond acceptors (Lipinski definition) is 5. The number of nitrogens with two attached hydrogens (primary N) is 1. The van der Waals surface area contributed by atoms with E-state index in [4.69, 9.17) is 10.2 Å². The maximum atomic E-state index is 11.3. The third kappa shape index (κ3) is 2.71. The van der Waals surface area contributed by atoms with Crippen LogP contribution in [0.2, 0.25) is 0 Å². The van der Waals surface area contributed by atoms with Gasteiger partial charge in [0.15, 0.2) is 5.58 Å². The summed E-state index contributed by atoms with van der Waals surface area (Å²) in [6.07, 6.45) is 0. The quantitative estimate of drug-likeness (QED) is 0.567. The van der Waals surface area contributed by atoms with Crippen molar-refractivity contribution >= 4 is 34.5 Å². The predicted octanol–water partition coefficient (Wildman–Crippen LogP) is 3.40. The van der Waals surface area contributed by atoms with Gasteiger partial charge in [-0.2, -0.15) is 0 Å². The Bertz CT molecular complexity index is 781. The first-order chi connectivity index (χ1) is 10.1. The van der Waals surface area contributed by atoms with Crippen LogP contribution in [0.5, 0.6) is 0 Å². The number of nitrogens with zero attached hydrogens (tertiary/aromatic N) is 1. The van der Waals surface area contributed by atoms with Crippen LogP contribution >= 0.6 is 11.8 Å². The summed E-state index contributed by atoms with van der Waals surface area (Å²) in [5, 5.41) is 9.74. The van der Waals surface area contributed by atoms with E-state index in [0.717, 1.165) is 5.52 Å². The molecular weight excluding hydrogens is 288 g/mol. The van der Waals surface area contributed by atoms with E-state index < -0.39 is 5.97 Å². The van der Waals surface area contributed by atoms with E-state index in [1.165, 1.54) is 11.8 Å². The highest BCUT2D eigenvalue weighted by atomic mass is 32.2. The van der Waals surface area contributed by atoms with E-state index in [2.05, 4.69) is 4.98 Å². The van der Waals surface area contributed by atoms with Crippen LogP contribution in [0.4, 0.5) is 5.69 Å². The van der Waals surface area contributed by atoms with E-state index in [0.29, 0.717) is 22.1 Å². The van der Waals surface area contributed by atoms with Crippen LogP contribution in [0.15, 0.2) is 52.1 Å². The number of thioether (sulfide) groups is 1. The Morgan fingerprint density at radius 3 is 2.81 bits per heavy atom. The number of para-hydroxylation sites is 2. The maximum absolute atomic E-state index is 11.3. The molecule has 6 heteroatoms. The zero-order valence-corrected chi connectivity index (χ0v) is 11.8. The largest absolute Gasteiger partial charge is 0.478 e. The number of anilines is 1. The second-order valence-electron chi connectivity index (χ2n) is 4.42. The van der Waals surface area contributed by atoms with Gasteiger partial charge in [0.05, 0.1) is 5.56 Å². The molecule has 0 saturated heterocycles. The maximum Gasteiger partial charge on any atom is 0.338 e. The van der Waals surface area contributed by atoms with Gasteiger partial charge in [-0.05, 0) is 23.8 Å². The fraction of sp³-hybridized carbons (Fsp3) is 0.0667. The molecule has 3 N–H and O–H groups in total. The lowest BCUT2D eigenvalue weighted by atomic mass is 10.1. The molecule has 0 spiro atoms. The Morgan fingerprint density at radius 2 is 2.05 bits per heavy atom. The topological polar surface area (TPSA) is 89.4 Å². The van der Waals surface area contributed by atoms with E-state index >= 15 is 0 Å². The number of rotatable bonds is 4. The number of fused-ring (bicyclic) bond motifs is 1. The van der Waals surface area contributed by atoms with Crippen LogP contribution in [-0.2, 0) is 5.75 Å². The molecule has 0 amide bonds. The minimum atomic E-state index is -1.03. The molecule has 3 aromatic rings. The second kappa shape index (κ2) is 5.49. The van der Waals surface area contributed by atoms with Gasteiger partial charge in [0.2, 0.25) is 0 Å². The number of aromatic carboxylic acids is 1. The number of carboxylic acid groups (broad SMARTS) is 1. The van der Waals surface area contributed by atoms with Gasteiger partial charge in [-0.1, -0.05) is 36.0 Å². The van der Waals surface area contributed by atoms with E-state index in [-0.39, 0.29) is 11.3 Å². The average Bonchev–Trinajstić information content (AvgIpc) is 2.87. The van der Waals surface area contributed by atoms with Crippen molar-refractivity contribution in [2.45, 2.75) is 11.0 Å². The minimum Gasteiger partial charge on any atom is -0.478 e. The first-order valence-electron chi connectivity index (χ1n) is 6.24. The van der Waals surface area contributed by atoms with Crippen molar-refractivity contribution in [2.75, 3.05) is 5.73 Å². The molecule has 21 heavy (non-hydrogen) atoms. The summed E-state index contributed by atoms with van der Waals surface area (Å²) in [4.78, 5) is 15.6. The zero-order chi connectivity index (χ0) is 14.8. The molecule has 0 radical (unpaired) electrons.